The van der Waals surface area contributed by atoms with Crippen LogP contribution in [0.25, 0.3) is 0 Å². The summed E-state index contributed by atoms with van der Waals surface area (Å²) in [6.07, 6.45) is 0. The predicted molar refractivity (Wildman–Crippen MR) is 111 cm³/mol. The van der Waals surface area contributed by atoms with Gasteiger partial charge in [-0.25, -0.2) is 8.78 Å². The van der Waals surface area contributed by atoms with Crippen molar-refractivity contribution in [3.05, 3.63) is 94.1 Å². The van der Waals surface area contributed by atoms with Crippen LogP contribution in [0.2, 0.25) is 0 Å². The molecule has 0 saturated carbocycles. The molecule has 0 fully saturated rings. The third-order valence-corrected chi connectivity index (χ3v) is 7.57. The van der Waals surface area contributed by atoms with Gasteiger partial charge in [0.15, 0.2) is 16.5 Å². The Balaban J connectivity index is 1.60. The van der Waals surface area contributed by atoms with Crippen molar-refractivity contribution in [1.82, 2.24) is 0 Å². The van der Waals surface area contributed by atoms with Crippen molar-refractivity contribution in [1.29, 1.82) is 0 Å². The summed E-state index contributed by atoms with van der Waals surface area (Å²) in [6.45, 7) is 1.78. The molecule has 3 aromatic rings. The normalized spacial score (nSPS) is 22.8. The Morgan fingerprint density at radius 2 is 1.21 bits per heavy atom. The van der Waals surface area contributed by atoms with E-state index < -0.39 is 61.8 Å². The van der Waals surface area contributed by atoms with Crippen molar-refractivity contribution >= 4 is 16.1 Å². The molecule has 2 bridgehead atoms. The molecule has 5 nitrogen and oxygen atoms in total. The van der Waals surface area contributed by atoms with Crippen molar-refractivity contribution in [2.45, 2.75) is 23.7 Å². The van der Waals surface area contributed by atoms with E-state index in [1.165, 1.54) is 0 Å². The number of fused-ring (bicyclic) bond motifs is 1. The molecule has 176 valence electrons. The van der Waals surface area contributed by atoms with E-state index in [0.29, 0.717) is 0 Å². The van der Waals surface area contributed by atoms with Gasteiger partial charge in [-0.2, -0.15) is 17.2 Å². The fourth-order valence-corrected chi connectivity index (χ4v) is 6.01. The second-order valence-electron chi connectivity index (χ2n) is 8.41. The van der Waals surface area contributed by atoms with Crippen molar-refractivity contribution < 1.29 is 40.1 Å². The third-order valence-electron chi connectivity index (χ3n) is 6.70. The van der Waals surface area contributed by atoms with E-state index in [0.717, 1.165) is 22.3 Å². The van der Waals surface area contributed by atoms with Crippen LogP contribution >= 0.6 is 0 Å². The molecule has 0 aromatic heterocycles. The van der Waals surface area contributed by atoms with Crippen LogP contribution in [-0.4, -0.2) is 18.9 Å². The summed E-state index contributed by atoms with van der Waals surface area (Å²) in [4.78, 5) is 11.0. The fourth-order valence-electron chi connectivity index (χ4n) is 5.38. The Morgan fingerprint density at radius 1 is 0.794 bits per heavy atom. The van der Waals surface area contributed by atoms with Gasteiger partial charge in [0.1, 0.15) is 0 Å². The Bertz CT molecular complexity index is 1390. The minimum absolute atomic E-state index is 0.222. The van der Waals surface area contributed by atoms with Gasteiger partial charge in [-0.1, -0.05) is 55.5 Å². The van der Waals surface area contributed by atoms with Crippen LogP contribution < -0.4 is 4.74 Å². The molecule has 0 heterocycles. The third kappa shape index (κ3) is 3.08. The van der Waals surface area contributed by atoms with Gasteiger partial charge in [-0.05, 0) is 28.2 Å². The number of carbonyl (C=O) groups is 1. The number of rotatable bonds is 3. The minimum atomic E-state index is -5.63. The lowest BCUT2D eigenvalue weighted by Gasteiger charge is -2.48. The van der Waals surface area contributed by atoms with Gasteiger partial charge in [-0.15, -0.1) is 0 Å². The number of ether oxygens (including phenoxy) is 1. The largest absolute Gasteiger partial charge is 0.420 e. The second-order valence-corrected chi connectivity index (χ2v) is 9.77. The van der Waals surface area contributed by atoms with Crippen LogP contribution in [0.5, 0.6) is 5.75 Å². The first kappa shape index (κ1) is 22.5. The number of carbonyl (C=O) groups excluding carboxylic acids is 1. The molecule has 0 radical (unpaired) electrons. The van der Waals surface area contributed by atoms with Crippen LogP contribution in [0.3, 0.4) is 0 Å². The molecule has 1 N–H and O–H groups in total. The van der Waals surface area contributed by atoms with Crippen LogP contribution in [0.4, 0.5) is 17.6 Å². The van der Waals surface area contributed by atoms with E-state index in [1.807, 2.05) is 36.4 Å². The smallest absolute Gasteiger partial charge is 0.315 e. The summed E-state index contributed by atoms with van der Waals surface area (Å²) in [5.74, 6) is -14.2. The highest BCUT2D eigenvalue weighted by Gasteiger charge is 2.51. The maximum absolute atomic E-state index is 14.5. The maximum atomic E-state index is 14.5. The van der Waals surface area contributed by atoms with E-state index in [4.69, 9.17) is 9.29 Å². The molecule has 0 spiro atoms. The fraction of sp³-hybridized carbons (Fsp3) is 0.208. The molecule has 34 heavy (non-hydrogen) atoms. The lowest BCUT2D eigenvalue weighted by molar-refractivity contribution is -0.142. The van der Waals surface area contributed by atoms with Crippen LogP contribution in [-0.2, 0) is 14.9 Å². The van der Waals surface area contributed by atoms with Gasteiger partial charge < -0.3 is 4.74 Å². The van der Waals surface area contributed by atoms with Crippen molar-refractivity contribution in [3.63, 3.8) is 0 Å². The number of esters is 1. The van der Waals surface area contributed by atoms with Crippen LogP contribution in [0.1, 0.15) is 41.0 Å². The SMILES string of the molecule is CC1C2c3ccccc3C(c3ccccc32)C1C(=O)Oc1c(F)c(F)c(S(=O)(=O)O)c(F)c1F. The summed E-state index contributed by atoms with van der Waals surface area (Å²) >= 11 is 0. The molecule has 0 amide bonds. The van der Waals surface area contributed by atoms with Gasteiger partial charge in [0.2, 0.25) is 17.4 Å². The standard InChI is InChI=1S/C24H16F4O5S/c1-10-15-11-6-2-4-8-13(11)17(14-9-5-3-7-12(14)15)16(10)24(29)33-22-18(25)20(27)23(34(30,31)32)21(28)19(22)26/h2-10,15-17H,1H3,(H,30,31,32). The Kier molecular flexibility index (Phi) is 5.07. The zero-order chi connectivity index (χ0) is 24.5. The maximum Gasteiger partial charge on any atom is 0.315 e. The number of hydrogen-bond acceptors (Lipinski definition) is 4. The van der Waals surface area contributed by atoms with E-state index in [-0.39, 0.29) is 11.8 Å². The van der Waals surface area contributed by atoms with Crippen molar-refractivity contribution in [3.8, 4) is 5.75 Å². The predicted octanol–water partition coefficient (Wildman–Crippen LogP) is 4.94. The molecule has 2 unspecified atom stereocenters. The lowest BCUT2D eigenvalue weighted by atomic mass is 9.54. The topological polar surface area (TPSA) is 80.7 Å². The molecule has 0 saturated heterocycles. The second kappa shape index (κ2) is 7.64. The summed E-state index contributed by atoms with van der Waals surface area (Å²) in [5, 5.41) is 0. The molecule has 0 aliphatic heterocycles. The molecule has 6 rings (SSSR count). The molecular formula is C24H16F4O5S. The highest BCUT2D eigenvalue weighted by molar-refractivity contribution is 7.85. The average molecular weight is 492 g/mol. The minimum Gasteiger partial charge on any atom is -0.420 e. The van der Waals surface area contributed by atoms with Crippen LogP contribution in [0.15, 0.2) is 53.4 Å². The van der Waals surface area contributed by atoms with Gasteiger partial charge in [0, 0.05) is 11.8 Å². The first-order valence-corrected chi connectivity index (χ1v) is 11.7. The first-order valence-electron chi connectivity index (χ1n) is 10.3. The van der Waals surface area contributed by atoms with Gasteiger partial charge in [0.05, 0.1) is 5.92 Å². The quantitative estimate of drug-likeness (QED) is 0.184. The number of hydrogen-bond donors (Lipinski definition) is 1. The summed E-state index contributed by atoms with van der Waals surface area (Å²) in [5.41, 5.74) is 3.70. The first-order chi connectivity index (χ1) is 16.0. The van der Waals surface area contributed by atoms with Gasteiger partial charge in [0.25, 0.3) is 0 Å². The van der Waals surface area contributed by atoms with E-state index in [9.17, 15) is 30.8 Å². The summed E-state index contributed by atoms with van der Waals surface area (Å²) in [7, 11) is -5.63. The Morgan fingerprint density at radius 3 is 1.62 bits per heavy atom. The van der Waals surface area contributed by atoms with Crippen molar-refractivity contribution in [2.24, 2.45) is 11.8 Å². The monoisotopic (exact) mass is 492 g/mol. The van der Waals surface area contributed by atoms with E-state index >= 15 is 0 Å². The van der Waals surface area contributed by atoms with Crippen molar-refractivity contribution in [2.75, 3.05) is 0 Å². The Hall–Kier alpha value is -3.24. The molecular weight excluding hydrogens is 476 g/mol. The van der Waals surface area contributed by atoms with E-state index in [1.54, 1.807) is 19.1 Å². The molecule has 3 aromatic carbocycles. The number of halogens is 4. The molecule has 3 aliphatic rings. The highest BCUT2D eigenvalue weighted by atomic mass is 32.2. The summed E-state index contributed by atoms with van der Waals surface area (Å²) in [6, 6.07) is 14.9. The van der Waals surface area contributed by atoms with E-state index in [2.05, 4.69) is 0 Å². The molecule has 2 atom stereocenters. The molecule has 3 aliphatic carbocycles. The summed E-state index contributed by atoms with van der Waals surface area (Å²) < 4.78 is 93.5. The zero-order valence-electron chi connectivity index (χ0n) is 17.4. The average Bonchev–Trinajstić information content (AvgIpc) is 2.79. The van der Waals surface area contributed by atoms with Gasteiger partial charge in [-0.3, -0.25) is 9.35 Å². The Labute approximate surface area is 191 Å². The van der Waals surface area contributed by atoms with Crippen LogP contribution in [0, 0.1) is 35.1 Å². The molecule has 10 heteroatoms. The zero-order valence-corrected chi connectivity index (χ0v) is 18.2. The lowest BCUT2D eigenvalue weighted by Crippen LogP contribution is -2.44. The van der Waals surface area contributed by atoms with Gasteiger partial charge >= 0.3 is 16.1 Å². The number of benzene rings is 3. The highest BCUT2D eigenvalue weighted by Crippen LogP contribution is 2.58.